The average Bonchev–Trinajstić information content (AvgIpc) is 2.68. The van der Waals surface area contributed by atoms with Crippen LogP contribution < -0.4 is 16.8 Å². The van der Waals surface area contributed by atoms with Crippen molar-refractivity contribution < 1.29 is 14.4 Å². The minimum absolute atomic E-state index is 0.0303. The second-order valence-corrected chi connectivity index (χ2v) is 5.50. The molecule has 9 heteroatoms. The number of amides is 2. The molecule has 0 fully saturated rings. The molecule has 2 aromatic rings. The number of hydrogen-bond donors (Lipinski definition) is 4. The van der Waals surface area contributed by atoms with Crippen molar-refractivity contribution in [1.29, 1.82) is 5.41 Å². The zero-order valence-corrected chi connectivity index (χ0v) is 14.3. The van der Waals surface area contributed by atoms with Gasteiger partial charge in [-0.25, -0.2) is 0 Å². The molecule has 0 aliphatic rings. The van der Waals surface area contributed by atoms with E-state index in [1.807, 2.05) is 0 Å². The van der Waals surface area contributed by atoms with E-state index in [9.17, 15) is 14.4 Å². The third-order valence-electron chi connectivity index (χ3n) is 3.67. The maximum atomic E-state index is 12.6. The molecular weight excluding hydrogens is 348 g/mol. The molecule has 0 spiro atoms. The minimum atomic E-state index is -1.20. The Hall–Kier alpha value is -3.88. The molecule has 0 aliphatic heterocycles. The molecule has 0 saturated heterocycles. The van der Waals surface area contributed by atoms with Crippen molar-refractivity contribution >= 4 is 29.5 Å². The second-order valence-electron chi connectivity index (χ2n) is 5.50. The standard InChI is InChI=1S/C18H18N6O3/c19-10-12(15(20)13-3-1-2-6-23-13)18(27)24-14(16(25)17(21)26)9-11-4-7-22-8-5-11/h1-8,10,14,19H,9,20H2,(H2,21,26)(H,24,27)/b15-12+,19-10?. The molecule has 27 heavy (non-hydrogen) atoms. The molecule has 138 valence electrons. The summed E-state index contributed by atoms with van der Waals surface area (Å²) in [5.41, 5.74) is 11.8. The van der Waals surface area contributed by atoms with Crippen LogP contribution in [0.5, 0.6) is 0 Å². The van der Waals surface area contributed by atoms with Gasteiger partial charge in [-0.05, 0) is 29.8 Å². The first-order chi connectivity index (χ1) is 12.9. The van der Waals surface area contributed by atoms with Crippen molar-refractivity contribution in [2.45, 2.75) is 12.5 Å². The number of nitrogens with zero attached hydrogens (tertiary/aromatic N) is 2. The Morgan fingerprint density at radius 3 is 2.37 bits per heavy atom. The Morgan fingerprint density at radius 2 is 1.81 bits per heavy atom. The number of primary amides is 1. The van der Waals surface area contributed by atoms with Gasteiger partial charge < -0.3 is 22.2 Å². The SMILES string of the molecule is N=C/C(C(=O)NC(Cc1ccncc1)C(=O)C(N)=O)=C(\N)c1ccccn1. The molecule has 0 aliphatic carbocycles. The number of nitrogens with one attached hydrogen (secondary N) is 2. The Morgan fingerprint density at radius 1 is 1.11 bits per heavy atom. The fourth-order valence-electron chi connectivity index (χ4n) is 2.30. The van der Waals surface area contributed by atoms with E-state index >= 15 is 0 Å². The fourth-order valence-corrected chi connectivity index (χ4v) is 2.30. The lowest BCUT2D eigenvalue weighted by atomic mass is 10.0. The molecule has 2 aromatic heterocycles. The molecule has 0 bridgehead atoms. The van der Waals surface area contributed by atoms with Gasteiger partial charge in [0.2, 0.25) is 5.78 Å². The van der Waals surface area contributed by atoms with Gasteiger partial charge in [-0.15, -0.1) is 0 Å². The third-order valence-corrected chi connectivity index (χ3v) is 3.67. The molecule has 0 aromatic carbocycles. The van der Waals surface area contributed by atoms with Gasteiger partial charge in [-0.3, -0.25) is 24.4 Å². The first-order valence-electron chi connectivity index (χ1n) is 7.89. The number of nitrogens with two attached hydrogens (primary N) is 2. The summed E-state index contributed by atoms with van der Waals surface area (Å²) in [6.07, 6.45) is 5.32. The van der Waals surface area contributed by atoms with Crippen molar-refractivity contribution in [3.05, 3.63) is 65.8 Å². The monoisotopic (exact) mass is 366 g/mol. The van der Waals surface area contributed by atoms with E-state index in [0.717, 1.165) is 6.21 Å². The van der Waals surface area contributed by atoms with Gasteiger partial charge in [0.05, 0.1) is 17.0 Å². The van der Waals surface area contributed by atoms with Crippen LogP contribution in [-0.2, 0) is 20.8 Å². The normalized spacial score (nSPS) is 12.4. The topological polar surface area (TPSA) is 165 Å². The predicted molar refractivity (Wildman–Crippen MR) is 98.2 cm³/mol. The van der Waals surface area contributed by atoms with Crippen LogP contribution in [0.15, 0.2) is 54.5 Å². The van der Waals surface area contributed by atoms with Crippen molar-refractivity contribution in [3.63, 3.8) is 0 Å². The maximum absolute atomic E-state index is 12.6. The van der Waals surface area contributed by atoms with Crippen LogP contribution in [0.4, 0.5) is 0 Å². The number of pyridine rings is 2. The first kappa shape index (κ1) is 19.4. The zero-order chi connectivity index (χ0) is 19.8. The van der Waals surface area contributed by atoms with Gasteiger partial charge >= 0.3 is 0 Å². The lowest BCUT2D eigenvalue weighted by Crippen LogP contribution is -2.48. The molecular formula is C18H18N6O3. The van der Waals surface area contributed by atoms with Crippen LogP contribution in [0, 0.1) is 5.41 Å². The van der Waals surface area contributed by atoms with Gasteiger partial charge in [-0.2, -0.15) is 0 Å². The highest BCUT2D eigenvalue weighted by molar-refractivity contribution is 6.38. The fraction of sp³-hybridized carbons (Fsp3) is 0.111. The summed E-state index contributed by atoms with van der Waals surface area (Å²) in [6, 6.07) is 7.01. The Kier molecular flexibility index (Phi) is 6.48. The zero-order valence-electron chi connectivity index (χ0n) is 14.3. The smallest absolute Gasteiger partial charge is 0.287 e. The first-order valence-corrected chi connectivity index (χ1v) is 7.89. The number of rotatable bonds is 8. The van der Waals surface area contributed by atoms with Gasteiger partial charge in [0.25, 0.3) is 11.8 Å². The van der Waals surface area contributed by atoms with E-state index < -0.39 is 23.6 Å². The van der Waals surface area contributed by atoms with Crippen LogP contribution in [-0.4, -0.2) is 39.8 Å². The van der Waals surface area contributed by atoms with Crippen molar-refractivity contribution in [2.75, 3.05) is 0 Å². The van der Waals surface area contributed by atoms with Crippen LogP contribution in [0.1, 0.15) is 11.3 Å². The molecule has 9 nitrogen and oxygen atoms in total. The largest absolute Gasteiger partial charge is 0.396 e. The van der Waals surface area contributed by atoms with Crippen molar-refractivity contribution in [3.8, 4) is 0 Å². The van der Waals surface area contributed by atoms with Crippen LogP contribution >= 0.6 is 0 Å². The van der Waals surface area contributed by atoms with E-state index in [1.54, 1.807) is 30.3 Å². The van der Waals surface area contributed by atoms with Gasteiger partial charge in [-0.1, -0.05) is 6.07 Å². The number of carbonyl (C=O) groups is 3. The van der Waals surface area contributed by atoms with Crippen LogP contribution in [0.2, 0.25) is 0 Å². The lowest BCUT2D eigenvalue weighted by molar-refractivity contribution is -0.138. The predicted octanol–water partition coefficient (Wildman–Crippen LogP) is -0.422. The van der Waals surface area contributed by atoms with Crippen LogP contribution in [0.25, 0.3) is 5.70 Å². The summed E-state index contributed by atoms with van der Waals surface area (Å²) < 4.78 is 0. The molecule has 2 rings (SSSR count). The van der Waals surface area contributed by atoms with Crippen LogP contribution in [0.3, 0.4) is 0 Å². The number of hydrogen-bond acceptors (Lipinski definition) is 7. The summed E-state index contributed by atoms with van der Waals surface area (Å²) in [5, 5.41) is 9.91. The highest BCUT2D eigenvalue weighted by Crippen LogP contribution is 2.11. The quantitative estimate of drug-likeness (QED) is 0.281. The molecule has 1 unspecified atom stereocenters. The minimum Gasteiger partial charge on any atom is -0.396 e. The van der Waals surface area contributed by atoms with Crippen molar-refractivity contribution in [1.82, 2.24) is 15.3 Å². The summed E-state index contributed by atoms with van der Waals surface area (Å²) in [7, 11) is 0. The van der Waals surface area contributed by atoms with E-state index in [2.05, 4.69) is 15.3 Å². The molecule has 1 atom stereocenters. The average molecular weight is 366 g/mol. The van der Waals surface area contributed by atoms with Gasteiger partial charge in [0.15, 0.2) is 0 Å². The summed E-state index contributed by atoms with van der Waals surface area (Å²) in [5.74, 6) is -2.92. The third kappa shape index (κ3) is 5.05. The molecule has 0 saturated carbocycles. The van der Waals surface area contributed by atoms with E-state index in [1.165, 1.54) is 18.6 Å². The molecule has 0 radical (unpaired) electrons. The summed E-state index contributed by atoms with van der Waals surface area (Å²) in [4.78, 5) is 43.9. The molecule has 2 heterocycles. The molecule has 2 amide bonds. The Labute approximate surface area is 155 Å². The van der Waals surface area contributed by atoms with E-state index in [-0.39, 0.29) is 17.7 Å². The van der Waals surface area contributed by atoms with Gasteiger partial charge in [0, 0.05) is 31.2 Å². The summed E-state index contributed by atoms with van der Waals surface area (Å²) in [6.45, 7) is 0. The van der Waals surface area contributed by atoms with Crippen molar-refractivity contribution in [2.24, 2.45) is 11.5 Å². The second kappa shape index (κ2) is 8.99. The number of Topliss-reactive ketones (excluding diaryl/α,β-unsaturated/α-hetero) is 1. The van der Waals surface area contributed by atoms with E-state index in [4.69, 9.17) is 16.9 Å². The summed E-state index contributed by atoms with van der Waals surface area (Å²) >= 11 is 0. The van der Waals surface area contributed by atoms with Gasteiger partial charge in [0.1, 0.15) is 6.04 Å². The highest BCUT2D eigenvalue weighted by Gasteiger charge is 2.27. The number of aromatic nitrogens is 2. The maximum Gasteiger partial charge on any atom is 0.287 e. The lowest BCUT2D eigenvalue weighted by Gasteiger charge is -2.17. The number of carbonyl (C=O) groups excluding carboxylic acids is 3. The number of ketones is 1. The molecule has 6 N–H and O–H groups in total. The Balaban J connectivity index is 2.29. The van der Waals surface area contributed by atoms with E-state index in [0.29, 0.717) is 11.3 Å². The highest BCUT2D eigenvalue weighted by atomic mass is 16.2. The Bertz CT molecular complexity index is 880.